The topological polar surface area (TPSA) is 86.8 Å². The van der Waals surface area contributed by atoms with E-state index in [1.807, 2.05) is 52.0 Å². The zero-order valence-corrected chi connectivity index (χ0v) is 24.7. The van der Waals surface area contributed by atoms with Crippen LogP contribution in [-0.4, -0.2) is 43.8 Å². The summed E-state index contributed by atoms with van der Waals surface area (Å²) in [6.07, 6.45) is 0.338. The van der Waals surface area contributed by atoms with Crippen LogP contribution in [0.3, 0.4) is 0 Å². The highest BCUT2D eigenvalue weighted by Crippen LogP contribution is 2.30. The fourth-order valence-electron chi connectivity index (χ4n) is 4.24. The van der Waals surface area contributed by atoms with Gasteiger partial charge in [0.05, 0.1) is 10.6 Å². The molecule has 208 valence electrons. The Morgan fingerprint density at radius 3 is 2.13 bits per heavy atom. The molecule has 0 spiro atoms. The van der Waals surface area contributed by atoms with E-state index in [1.165, 1.54) is 35.2 Å². The number of carbonyl (C=O) groups is 2. The van der Waals surface area contributed by atoms with E-state index in [2.05, 4.69) is 5.32 Å². The summed E-state index contributed by atoms with van der Waals surface area (Å²) >= 11 is 12.4. The van der Waals surface area contributed by atoms with Gasteiger partial charge in [-0.1, -0.05) is 78.2 Å². The minimum atomic E-state index is -4.20. The fourth-order valence-corrected chi connectivity index (χ4v) is 6.17. The molecule has 0 unspecified atom stereocenters. The van der Waals surface area contributed by atoms with Gasteiger partial charge < -0.3 is 10.2 Å². The van der Waals surface area contributed by atoms with Crippen molar-refractivity contribution in [2.24, 2.45) is 0 Å². The van der Waals surface area contributed by atoms with Crippen LogP contribution in [0.1, 0.15) is 38.3 Å². The van der Waals surface area contributed by atoms with Crippen molar-refractivity contribution in [3.05, 3.63) is 94.0 Å². The van der Waals surface area contributed by atoms with Crippen molar-refractivity contribution in [2.45, 2.75) is 57.6 Å². The summed E-state index contributed by atoms with van der Waals surface area (Å²) in [7, 11) is -4.20. The van der Waals surface area contributed by atoms with Gasteiger partial charge >= 0.3 is 0 Å². The van der Waals surface area contributed by atoms with Crippen molar-refractivity contribution >= 4 is 50.7 Å². The molecule has 0 fully saturated rings. The first-order chi connectivity index (χ1) is 18.4. The van der Waals surface area contributed by atoms with Gasteiger partial charge in [-0.2, -0.15) is 0 Å². The van der Waals surface area contributed by atoms with Crippen LogP contribution in [-0.2, 0) is 26.2 Å². The highest BCUT2D eigenvalue weighted by Gasteiger charge is 2.34. The Bertz CT molecular complexity index is 1390. The highest BCUT2D eigenvalue weighted by atomic mass is 35.5. The molecule has 0 saturated heterocycles. The fraction of sp³-hybridized carbons (Fsp3) is 0.310. The third-order valence-electron chi connectivity index (χ3n) is 6.00. The van der Waals surface area contributed by atoms with Gasteiger partial charge in [0.2, 0.25) is 11.8 Å². The molecular formula is C29H33Cl2N3O4S. The van der Waals surface area contributed by atoms with E-state index in [4.69, 9.17) is 23.2 Å². The average Bonchev–Trinajstić information content (AvgIpc) is 2.86. The van der Waals surface area contributed by atoms with Crippen LogP contribution < -0.4 is 9.62 Å². The molecule has 2 amide bonds. The Kier molecular flexibility index (Phi) is 10.4. The molecule has 0 saturated carbocycles. The first-order valence-corrected chi connectivity index (χ1v) is 14.8. The van der Waals surface area contributed by atoms with Gasteiger partial charge in [-0.3, -0.25) is 13.9 Å². The van der Waals surface area contributed by atoms with Gasteiger partial charge in [0.15, 0.2) is 0 Å². The Morgan fingerprint density at radius 2 is 1.56 bits per heavy atom. The van der Waals surface area contributed by atoms with E-state index in [-0.39, 0.29) is 39.1 Å². The molecule has 1 atom stereocenters. The number of amides is 2. The molecule has 3 aromatic rings. The van der Waals surface area contributed by atoms with Crippen molar-refractivity contribution in [3.63, 3.8) is 0 Å². The highest BCUT2D eigenvalue weighted by molar-refractivity contribution is 7.92. The lowest BCUT2D eigenvalue weighted by atomic mass is 10.1. The molecule has 1 N–H and O–H groups in total. The van der Waals surface area contributed by atoms with E-state index < -0.39 is 28.5 Å². The molecule has 10 heteroatoms. The number of nitrogens with one attached hydrogen (secondary N) is 1. The van der Waals surface area contributed by atoms with E-state index in [1.54, 1.807) is 18.2 Å². The Balaban J connectivity index is 2.09. The standard InChI is InChI=1S/C29H33Cl2N3O4S/c1-5-27(29(36)32-20(2)3)33(18-22-11-9-10-21(4)14-22)28(35)19-34(25-16-23(30)15-24(31)17-25)39(37,38)26-12-7-6-8-13-26/h6-17,20,27H,5,18-19H2,1-4H3,(H,32,36)/t27-/m1/s1. The monoisotopic (exact) mass is 589 g/mol. The van der Waals surface area contributed by atoms with Crippen molar-refractivity contribution in [1.29, 1.82) is 0 Å². The lowest BCUT2D eigenvalue weighted by molar-refractivity contribution is -0.140. The normalized spacial score (nSPS) is 12.2. The molecule has 3 rings (SSSR count). The van der Waals surface area contributed by atoms with Gasteiger partial charge in [0.25, 0.3) is 10.0 Å². The van der Waals surface area contributed by atoms with Gasteiger partial charge in [0, 0.05) is 22.6 Å². The summed E-state index contributed by atoms with van der Waals surface area (Å²) < 4.78 is 28.6. The Labute approximate surface area is 240 Å². The first-order valence-electron chi connectivity index (χ1n) is 12.6. The zero-order chi connectivity index (χ0) is 28.7. The van der Waals surface area contributed by atoms with Crippen molar-refractivity contribution < 1.29 is 18.0 Å². The van der Waals surface area contributed by atoms with Crippen LogP contribution in [0.15, 0.2) is 77.7 Å². The minimum Gasteiger partial charge on any atom is -0.352 e. The summed E-state index contributed by atoms with van der Waals surface area (Å²) in [6.45, 7) is 7.00. The summed E-state index contributed by atoms with van der Waals surface area (Å²) in [5, 5.41) is 3.32. The maximum absolute atomic E-state index is 14.0. The maximum Gasteiger partial charge on any atom is 0.264 e. The molecule has 0 bridgehead atoms. The van der Waals surface area contributed by atoms with Gasteiger partial charge in [-0.15, -0.1) is 0 Å². The molecule has 0 aromatic heterocycles. The van der Waals surface area contributed by atoms with Crippen LogP contribution in [0.2, 0.25) is 10.0 Å². The molecule has 7 nitrogen and oxygen atoms in total. The lowest BCUT2D eigenvalue weighted by Gasteiger charge is -2.33. The number of aryl methyl sites for hydroxylation is 1. The number of anilines is 1. The zero-order valence-electron chi connectivity index (χ0n) is 22.4. The predicted octanol–water partition coefficient (Wildman–Crippen LogP) is 5.83. The second kappa shape index (κ2) is 13.3. The largest absolute Gasteiger partial charge is 0.352 e. The SMILES string of the molecule is CC[C@H](C(=O)NC(C)C)N(Cc1cccc(C)c1)C(=O)CN(c1cc(Cl)cc(Cl)c1)S(=O)(=O)c1ccccc1. The smallest absolute Gasteiger partial charge is 0.264 e. The maximum atomic E-state index is 14.0. The van der Waals surface area contributed by atoms with Crippen LogP contribution in [0, 0.1) is 6.92 Å². The van der Waals surface area contributed by atoms with Gasteiger partial charge in [0.1, 0.15) is 12.6 Å². The van der Waals surface area contributed by atoms with Crippen LogP contribution in [0.4, 0.5) is 5.69 Å². The Hall–Kier alpha value is -3.07. The molecule has 0 aliphatic carbocycles. The molecule has 0 aliphatic heterocycles. The van der Waals surface area contributed by atoms with E-state index in [0.29, 0.717) is 6.42 Å². The number of hydrogen-bond donors (Lipinski definition) is 1. The molecule has 0 aliphatic rings. The van der Waals surface area contributed by atoms with Crippen LogP contribution in [0.5, 0.6) is 0 Å². The predicted molar refractivity (Wildman–Crippen MR) is 157 cm³/mol. The first kappa shape index (κ1) is 30.5. The summed E-state index contributed by atoms with van der Waals surface area (Å²) in [5.74, 6) is -0.852. The van der Waals surface area contributed by atoms with Crippen molar-refractivity contribution in [1.82, 2.24) is 10.2 Å². The number of halogens is 2. The molecule has 39 heavy (non-hydrogen) atoms. The third kappa shape index (κ3) is 7.97. The number of rotatable bonds is 11. The van der Waals surface area contributed by atoms with Crippen molar-refractivity contribution in [3.8, 4) is 0 Å². The van der Waals surface area contributed by atoms with Crippen LogP contribution in [0.25, 0.3) is 0 Å². The average molecular weight is 591 g/mol. The number of hydrogen-bond acceptors (Lipinski definition) is 4. The number of sulfonamides is 1. The molecule has 3 aromatic carbocycles. The van der Waals surface area contributed by atoms with E-state index in [9.17, 15) is 18.0 Å². The summed E-state index contributed by atoms with van der Waals surface area (Å²) in [4.78, 5) is 28.6. The number of nitrogens with zero attached hydrogens (tertiary/aromatic N) is 2. The molecule has 0 radical (unpaired) electrons. The minimum absolute atomic E-state index is 0.00345. The Morgan fingerprint density at radius 1 is 0.923 bits per heavy atom. The van der Waals surface area contributed by atoms with Gasteiger partial charge in [-0.25, -0.2) is 8.42 Å². The molecule has 0 heterocycles. The third-order valence-corrected chi connectivity index (χ3v) is 8.22. The second-order valence-corrected chi connectivity index (χ2v) is 12.3. The molecular weight excluding hydrogens is 557 g/mol. The quantitative estimate of drug-likeness (QED) is 0.305. The van der Waals surface area contributed by atoms with Gasteiger partial charge in [-0.05, 0) is 63.1 Å². The van der Waals surface area contributed by atoms with E-state index >= 15 is 0 Å². The van der Waals surface area contributed by atoms with E-state index in [0.717, 1.165) is 15.4 Å². The summed E-state index contributed by atoms with van der Waals surface area (Å²) in [5.41, 5.74) is 1.96. The number of benzene rings is 3. The number of carbonyl (C=O) groups excluding carboxylic acids is 2. The van der Waals surface area contributed by atoms with Crippen LogP contribution >= 0.6 is 23.2 Å². The second-order valence-electron chi connectivity index (χ2n) is 9.55. The summed E-state index contributed by atoms with van der Waals surface area (Å²) in [6, 6.07) is 18.8. The van der Waals surface area contributed by atoms with Crippen molar-refractivity contribution in [2.75, 3.05) is 10.8 Å². The lowest BCUT2D eigenvalue weighted by Crippen LogP contribution is -2.53.